The number of aromatic nitrogens is 1. The first kappa shape index (κ1) is 8.29. The summed E-state index contributed by atoms with van der Waals surface area (Å²) in [6.07, 6.45) is 1.31. The summed E-state index contributed by atoms with van der Waals surface area (Å²) >= 11 is 3.06. The normalized spacial score (nSPS) is 10.0. The summed E-state index contributed by atoms with van der Waals surface area (Å²) in [5.41, 5.74) is 0.290. The fourth-order valence-corrected chi connectivity index (χ4v) is 0.988. The Morgan fingerprint density at radius 3 is 2.82 bits per heavy atom. The minimum absolute atomic E-state index is 0.236. The lowest BCUT2D eigenvalue weighted by Gasteiger charge is -2.03. The first-order chi connectivity index (χ1) is 5.15. The van der Waals surface area contributed by atoms with Crippen molar-refractivity contribution >= 4 is 15.9 Å². The highest BCUT2D eigenvalue weighted by atomic mass is 79.9. The summed E-state index contributed by atoms with van der Waals surface area (Å²) < 4.78 is 1.26. The number of aliphatic hydroxyl groups excluding tert-OH is 1. The van der Waals surface area contributed by atoms with Crippen LogP contribution >= 0.6 is 15.9 Å². The maximum atomic E-state index is 9.06. The van der Waals surface area contributed by atoms with Gasteiger partial charge in [-0.1, -0.05) is 0 Å². The maximum Gasteiger partial charge on any atom is 0.0868 e. The van der Waals surface area contributed by atoms with E-state index in [1.165, 1.54) is 12.3 Å². The van der Waals surface area contributed by atoms with Crippen LogP contribution in [0.25, 0.3) is 0 Å². The van der Waals surface area contributed by atoms with E-state index < -0.39 is 0 Å². The Balaban J connectivity index is 3.32. The molecule has 60 valence electrons. The van der Waals surface area contributed by atoms with E-state index >= 15 is 0 Å². The number of halogens is 1. The third-order valence-corrected chi connectivity index (χ3v) is 1.89. The van der Waals surface area contributed by atoms with Crippen LogP contribution in [0.2, 0.25) is 0 Å². The van der Waals surface area contributed by atoms with E-state index in [1.807, 2.05) is 0 Å². The van der Waals surface area contributed by atoms with Gasteiger partial charge in [0.2, 0.25) is 0 Å². The van der Waals surface area contributed by atoms with Gasteiger partial charge in [0.1, 0.15) is 0 Å². The van der Waals surface area contributed by atoms with Crippen LogP contribution in [-0.4, -0.2) is 15.0 Å². The first-order valence-corrected chi connectivity index (χ1v) is 3.70. The molecule has 3 N–H and O–H groups in total. The molecule has 5 heteroatoms. The molecular formula is C6H7BrN2O2. The summed E-state index contributed by atoms with van der Waals surface area (Å²) in [7, 11) is 0. The molecule has 0 aliphatic heterocycles. The van der Waals surface area contributed by atoms with Gasteiger partial charge in [0.15, 0.2) is 0 Å². The summed E-state index contributed by atoms with van der Waals surface area (Å²) in [5.74, 6) is 0. The molecule has 11 heavy (non-hydrogen) atoms. The molecule has 0 aliphatic rings. The van der Waals surface area contributed by atoms with E-state index in [2.05, 4.69) is 15.9 Å². The van der Waals surface area contributed by atoms with Crippen molar-refractivity contribution in [1.29, 1.82) is 5.41 Å². The topological polar surface area (TPSA) is 69.2 Å². The Hall–Kier alpha value is -0.810. The molecule has 0 aromatic carbocycles. The largest absolute Gasteiger partial charge is 0.429 e. The lowest BCUT2D eigenvalue weighted by molar-refractivity contribution is 0.150. The highest BCUT2D eigenvalue weighted by molar-refractivity contribution is 9.10. The molecular weight excluding hydrogens is 212 g/mol. The zero-order valence-corrected chi connectivity index (χ0v) is 7.17. The van der Waals surface area contributed by atoms with Crippen molar-refractivity contribution in [2.75, 3.05) is 0 Å². The highest BCUT2D eigenvalue weighted by Gasteiger charge is 1.99. The van der Waals surface area contributed by atoms with Gasteiger partial charge < -0.3 is 10.3 Å². The third kappa shape index (κ3) is 1.61. The SMILES string of the molecule is N=c1cc(CO)n(O)cc1Br. The zero-order chi connectivity index (χ0) is 8.43. The Kier molecular flexibility index (Phi) is 2.31. The molecule has 1 heterocycles. The minimum Gasteiger partial charge on any atom is -0.429 e. The lowest BCUT2D eigenvalue weighted by Crippen LogP contribution is -2.11. The van der Waals surface area contributed by atoms with Gasteiger partial charge >= 0.3 is 0 Å². The molecule has 0 atom stereocenters. The Morgan fingerprint density at radius 2 is 2.27 bits per heavy atom. The predicted molar refractivity (Wildman–Crippen MR) is 41.1 cm³/mol. The van der Waals surface area contributed by atoms with Gasteiger partial charge in [0.25, 0.3) is 0 Å². The molecule has 0 saturated carbocycles. The van der Waals surface area contributed by atoms with Gasteiger partial charge in [0.05, 0.1) is 28.3 Å². The third-order valence-electron chi connectivity index (χ3n) is 1.26. The second-order valence-electron chi connectivity index (χ2n) is 2.03. The van der Waals surface area contributed by atoms with Gasteiger partial charge in [-0.2, -0.15) is 4.73 Å². The van der Waals surface area contributed by atoms with Gasteiger partial charge in [-0.3, -0.25) is 5.41 Å². The van der Waals surface area contributed by atoms with Crippen LogP contribution in [0.1, 0.15) is 5.69 Å². The predicted octanol–water partition coefficient (Wildman–Crippen LogP) is 0.460. The molecule has 4 nitrogen and oxygen atoms in total. The van der Waals surface area contributed by atoms with Gasteiger partial charge in [0, 0.05) is 0 Å². The quantitative estimate of drug-likeness (QED) is 0.600. The smallest absolute Gasteiger partial charge is 0.0868 e. The average Bonchev–Trinajstić information content (AvgIpc) is 1.97. The van der Waals surface area contributed by atoms with Crippen LogP contribution < -0.4 is 5.36 Å². The zero-order valence-electron chi connectivity index (χ0n) is 5.58. The molecule has 1 aromatic heterocycles. The molecule has 0 radical (unpaired) electrons. The van der Waals surface area contributed by atoms with Crippen molar-refractivity contribution < 1.29 is 10.3 Å². The van der Waals surface area contributed by atoms with Crippen molar-refractivity contribution in [3.63, 3.8) is 0 Å². The van der Waals surface area contributed by atoms with Gasteiger partial charge in [-0.15, -0.1) is 0 Å². The summed E-state index contributed by atoms with van der Waals surface area (Å²) in [6, 6.07) is 1.38. The maximum absolute atomic E-state index is 9.06. The van der Waals surface area contributed by atoms with Crippen LogP contribution in [-0.2, 0) is 6.61 Å². The average molecular weight is 219 g/mol. The van der Waals surface area contributed by atoms with Gasteiger partial charge in [-0.05, 0) is 22.0 Å². The second-order valence-corrected chi connectivity index (χ2v) is 2.88. The van der Waals surface area contributed by atoms with Crippen molar-refractivity contribution in [3.8, 4) is 0 Å². The van der Waals surface area contributed by atoms with Crippen LogP contribution in [0.3, 0.4) is 0 Å². The van der Waals surface area contributed by atoms with Crippen LogP contribution in [0.15, 0.2) is 16.7 Å². The Labute approximate surface area is 71.3 Å². The molecule has 0 fully saturated rings. The number of hydrogen-bond acceptors (Lipinski definition) is 3. The number of rotatable bonds is 1. The van der Waals surface area contributed by atoms with E-state index in [-0.39, 0.29) is 12.0 Å². The van der Waals surface area contributed by atoms with Crippen molar-refractivity contribution in [2.24, 2.45) is 0 Å². The van der Waals surface area contributed by atoms with Crippen LogP contribution in [0.4, 0.5) is 0 Å². The number of nitrogens with zero attached hydrogens (tertiary/aromatic N) is 1. The van der Waals surface area contributed by atoms with E-state index in [0.29, 0.717) is 10.2 Å². The van der Waals surface area contributed by atoms with E-state index in [1.54, 1.807) is 0 Å². The monoisotopic (exact) mass is 218 g/mol. The first-order valence-electron chi connectivity index (χ1n) is 2.91. The number of aliphatic hydroxyl groups is 1. The second kappa shape index (κ2) is 3.06. The summed E-state index contributed by atoms with van der Waals surface area (Å²) in [4.78, 5) is 0. The minimum atomic E-state index is -0.282. The summed E-state index contributed by atoms with van der Waals surface area (Å²) in [5, 5.41) is 25.2. The molecule has 0 amide bonds. The van der Waals surface area contributed by atoms with Gasteiger partial charge in [-0.25, -0.2) is 0 Å². The van der Waals surface area contributed by atoms with Crippen LogP contribution in [0, 0.1) is 5.41 Å². The molecule has 1 aromatic rings. The Morgan fingerprint density at radius 1 is 1.64 bits per heavy atom. The molecule has 0 bridgehead atoms. The van der Waals surface area contributed by atoms with E-state index in [0.717, 1.165) is 4.73 Å². The van der Waals surface area contributed by atoms with Crippen molar-refractivity contribution in [2.45, 2.75) is 6.61 Å². The highest BCUT2D eigenvalue weighted by Crippen LogP contribution is 2.03. The molecule has 0 saturated heterocycles. The van der Waals surface area contributed by atoms with Crippen molar-refractivity contribution in [1.82, 2.24) is 4.73 Å². The molecule has 1 rings (SSSR count). The lowest BCUT2D eigenvalue weighted by atomic mass is 10.3. The summed E-state index contributed by atoms with van der Waals surface area (Å²) in [6.45, 7) is -0.282. The fourth-order valence-electron chi connectivity index (χ4n) is 0.680. The standard InChI is InChI=1S/C6H7BrN2O2/c7-5-2-9(11)4(3-10)1-6(5)8/h1-2,8,10-11H,3H2. The fraction of sp³-hybridized carbons (Fsp3) is 0.167. The molecule has 0 spiro atoms. The van der Waals surface area contributed by atoms with E-state index in [9.17, 15) is 0 Å². The van der Waals surface area contributed by atoms with Crippen LogP contribution in [0.5, 0.6) is 0 Å². The molecule has 0 aliphatic carbocycles. The number of pyridine rings is 1. The molecule has 0 unspecified atom stereocenters. The Bertz CT molecular complexity index is 321. The van der Waals surface area contributed by atoms with E-state index in [4.69, 9.17) is 15.7 Å². The number of hydrogen-bond donors (Lipinski definition) is 3. The van der Waals surface area contributed by atoms with Crippen molar-refractivity contribution in [3.05, 3.63) is 27.8 Å². The number of nitrogens with one attached hydrogen (secondary N) is 1.